The van der Waals surface area contributed by atoms with Crippen molar-refractivity contribution in [1.29, 1.82) is 0 Å². The van der Waals surface area contributed by atoms with Crippen molar-refractivity contribution in [2.75, 3.05) is 7.11 Å². The van der Waals surface area contributed by atoms with Gasteiger partial charge in [-0.05, 0) is 37.6 Å². The second-order valence-electron chi connectivity index (χ2n) is 3.43. The molecule has 0 atom stereocenters. The molecule has 2 rings (SSSR count). The summed E-state index contributed by atoms with van der Waals surface area (Å²) >= 11 is 0. The Kier molecular flexibility index (Phi) is 2.41. The molecule has 1 aromatic carbocycles. The summed E-state index contributed by atoms with van der Waals surface area (Å²) in [6.45, 7) is 3.88. The number of nitrogens with one attached hydrogen (secondary N) is 1. The number of ether oxygens (including phenoxy) is 1. The van der Waals surface area contributed by atoms with E-state index in [4.69, 9.17) is 4.74 Å². The molecule has 0 saturated heterocycles. The highest BCUT2D eigenvalue weighted by atomic mass is 16.5. The van der Waals surface area contributed by atoms with Gasteiger partial charge in [-0.3, -0.25) is 5.10 Å². The summed E-state index contributed by atoms with van der Waals surface area (Å²) in [5, 5.41) is 6.93. The fourth-order valence-electron chi connectivity index (χ4n) is 1.49. The minimum absolute atomic E-state index is 0.721. The van der Waals surface area contributed by atoms with Crippen LogP contribution in [-0.2, 0) is 0 Å². The van der Waals surface area contributed by atoms with E-state index in [9.17, 15) is 0 Å². The van der Waals surface area contributed by atoms with Gasteiger partial charge in [-0.25, -0.2) is 4.98 Å². The zero-order valence-electron chi connectivity index (χ0n) is 9.03. The third kappa shape index (κ3) is 1.83. The van der Waals surface area contributed by atoms with E-state index >= 15 is 0 Å². The Balaban J connectivity index is 2.42. The first kappa shape index (κ1) is 9.71. The first-order valence-electron chi connectivity index (χ1n) is 4.74. The van der Waals surface area contributed by atoms with Crippen LogP contribution in [0.4, 0.5) is 0 Å². The maximum Gasteiger partial charge on any atom is 0.181 e. The molecule has 0 radical (unpaired) electrons. The summed E-state index contributed by atoms with van der Waals surface area (Å²) in [5.74, 6) is 2.42. The highest BCUT2D eigenvalue weighted by Gasteiger charge is 2.05. The quantitative estimate of drug-likeness (QED) is 0.813. The van der Waals surface area contributed by atoms with Crippen molar-refractivity contribution in [3.05, 3.63) is 29.6 Å². The van der Waals surface area contributed by atoms with E-state index in [-0.39, 0.29) is 0 Å². The lowest BCUT2D eigenvalue weighted by atomic mass is 10.1. The van der Waals surface area contributed by atoms with Crippen LogP contribution >= 0.6 is 0 Å². The molecule has 1 aromatic heterocycles. The third-order valence-electron chi connectivity index (χ3n) is 2.25. The van der Waals surface area contributed by atoms with Gasteiger partial charge in [0.1, 0.15) is 11.6 Å². The summed E-state index contributed by atoms with van der Waals surface area (Å²) in [7, 11) is 1.67. The van der Waals surface area contributed by atoms with Crippen molar-refractivity contribution in [3.8, 4) is 17.1 Å². The molecule has 0 spiro atoms. The number of methoxy groups -OCH3 is 1. The molecule has 0 fully saturated rings. The molecule has 4 heteroatoms. The van der Waals surface area contributed by atoms with Gasteiger partial charge in [-0.2, -0.15) is 5.10 Å². The van der Waals surface area contributed by atoms with Crippen LogP contribution < -0.4 is 4.74 Å². The molecule has 0 aliphatic rings. The van der Waals surface area contributed by atoms with Gasteiger partial charge in [0.15, 0.2) is 5.82 Å². The van der Waals surface area contributed by atoms with Crippen molar-refractivity contribution >= 4 is 0 Å². The Morgan fingerprint density at radius 2 is 2.07 bits per heavy atom. The summed E-state index contributed by atoms with van der Waals surface area (Å²) in [6.07, 6.45) is 0. The molecule has 0 bridgehead atoms. The molecule has 1 N–H and O–H groups in total. The smallest absolute Gasteiger partial charge is 0.181 e. The van der Waals surface area contributed by atoms with Crippen LogP contribution in [0.5, 0.6) is 5.75 Å². The molecule has 0 amide bonds. The molecule has 15 heavy (non-hydrogen) atoms. The van der Waals surface area contributed by atoms with Gasteiger partial charge >= 0.3 is 0 Å². The summed E-state index contributed by atoms with van der Waals surface area (Å²) in [4.78, 5) is 4.27. The average Bonchev–Trinajstić information content (AvgIpc) is 2.65. The summed E-state index contributed by atoms with van der Waals surface area (Å²) < 4.78 is 5.19. The van der Waals surface area contributed by atoms with Crippen LogP contribution in [0.2, 0.25) is 0 Å². The topological polar surface area (TPSA) is 50.8 Å². The van der Waals surface area contributed by atoms with Crippen LogP contribution in [0.3, 0.4) is 0 Å². The molecule has 0 aliphatic carbocycles. The van der Waals surface area contributed by atoms with Crippen LogP contribution in [0.25, 0.3) is 11.4 Å². The molecule has 1 heterocycles. The van der Waals surface area contributed by atoms with Gasteiger partial charge in [-0.15, -0.1) is 0 Å². The fourth-order valence-corrected chi connectivity index (χ4v) is 1.49. The van der Waals surface area contributed by atoms with E-state index in [1.165, 1.54) is 0 Å². The number of rotatable bonds is 2. The van der Waals surface area contributed by atoms with Crippen LogP contribution in [0.1, 0.15) is 11.4 Å². The molecule has 0 aliphatic heterocycles. The largest absolute Gasteiger partial charge is 0.496 e. The van der Waals surface area contributed by atoms with Gasteiger partial charge < -0.3 is 4.74 Å². The molecular weight excluding hydrogens is 190 g/mol. The minimum atomic E-state index is 0.721. The molecule has 4 nitrogen and oxygen atoms in total. The van der Waals surface area contributed by atoms with E-state index in [1.54, 1.807) is 7.11 Å². The van der Waals surface area contributed by atoms with Gasteiger partial charge in [0.2, 0.25) is 0 Å². The van der Waals surface area contributed by atoms with E-state index in [2.05, 4.69) is 15.2 Å². The SMILES string of the molecule is COc1ccc(-c2n[nH]c(C)n2)cc1C. The highest BCUT2D eigenvalue weighted by molar-refractivity contribution is 5.58. The van der Waals surface area contributed by atoms with Crippen molar-refractivity contribution in [2.24, 2.45) is 0 Å². The number of H-pyrrole nitrogens is 1. The lowest BCUT2D eigenvalue weighted by molar-refractivity contribution is 0.412. The van der Waals surface area contributed by atoms with Crippen molar-refractivity contribution in [2.45, 2.75) is 13.8 Å². The molecule has 0 unspecified atom stereocenters. The lowest BCUT2D eigenvalue weighted by Crippen LogP contribution is -1.88. The zero-order valence-corrected chi connectivity index (χ0v) is 9.03. The molecule has 0 saturated carbocycles. The maximum atomic E-state index is 5.19. The summed E-state index contributed by atoms with van der Waals surface area (Å²) in [5.41, 5.74) is 2.08. The first-order chi connectivity index (χ1) is 7.20. The highest BCUT2D eigenvalue weighted by Crippen LogP contribution is 2.23. The molecule has 78 valence electrons. The van der Waals surface area contributed by atoms with E-state index in [0.29, 0.717) is 0 Å². The number of hydrogen-bond acceptors (Lipinski definition) is 3. The lowest BCUT2D eigenvalue weighted by Gasteiger charge is -2.04. The number of aryl methyl sites for hydroxylation is 2. The first-order valence-corrected chi connectivity index (χ1v) is 4.74. The van der Waals surface area contributed by atoms with Gasteiger partial charge in [0.05, 0.1) is 7.11 Å². The van der Waals surface area contributed by atoms with Gasteiger partial charge in [-0.1, -0.05) is 0 Å². The van der Waals surface area contributed by atoms with Crippen LogP contribution in [-0.4, -0.2) is 22.3 Å². The Labute approximate surface area is 88.3 Å². The maximum absolute atomic E-state index is 5.19. The summed E-state index contributed by atoms with van der Waals surface area (Å²) in [6, 6.07) is 5.90. The predicted octanol–water partition coefficient (Wildman–Crippen LogP) is 2.10. The van der Waals surface area contributed by atoms with E-state index in [1.807, 2.05) is 32.0 Å². The molecule has 2 aromatic rings. The molecular formula is C11H13N3O. The van der Waals surface area contributed by atoms with E-state index < -0.39 is 0 Å². The number of hydrogen-bond donors (Lipinski definition) is 1. The second-order valence-corrected chi connectivity index (χ2v) is 3.43. The Bertz CT molecular complexity index is 476. The normalized spacial score (nSPS) is 10.3. The predicted molar refractivity (Wildman–Crippen MR) is 57.8 cm³/mol. The number of benzene rings is 1. The van der Waals surface area contributed by atoms with Gasteiger partial charge in [0, 0.05) is 5.56 Å². The Morgan fingerprint density at radius 1 is 1.27 bits per heavy atom. The zero-order chi connectivity index (χ0) is 10.8. The standard InChI is InChI=1S/C11H13N3O/c1-7-6-9(4-5-10(7)15-3)11-12-8(2)13-14-11/h4-6H,1-3H3,(H,12,13,14). The number of aromatic amines is 1. The number of nitrogens with zero attached hydrogens (tertiary/aromatic N) is 2. The number of aromatic nitrogens is 3. The third-order valence-corrected chi connectivity index (χ3v) is 2.25. The minimum Gasteiger partial charge on any atom is -0.496 e. The van der Waals surface area contributed by atoms with Crippen molar-refractivity contribution in [1.82, 2.24) is 15.2 Å². The van der Waals surface area contributed by atoms with Crippen molar-refractivity contribution in [3.63, 3.8) is 0 Å². The van der Waals surface area contributed by atoms with Crippen LogP contribution in [0, 0.1) is 13.8 Å². The van der Waals surface area contributed by atoms with Crippen LogP contribution in [0.15, 0.2) is 18.2 Å². The van der Waals surface area contributed by atoms with E-state index in [0.717, 1.165) is 28.5 Å². The van der Waals surface area contributed by atoms with Gasteiger partial charge in [0.25, 0.3) is 0 Å². The second kappa shape index (κ2) is 3.73. The average molecular weight is 203 g/mol. The Hall–Kier alpha value is -1.84. The van der Waals surface area contributed by atoms with Crippen molar-refractivity contribution < 1.29 is 4.74 Å². The Morgan fingerprint density at radius 3 is 2.60 bits per heavy atom. The monoisotopic (exact) mass is 203 g/mol. The fraction of sp³-hybridized carbons (Fsp3) is 0.273.